The zero-order chi connectivity index (χ0) is 12.0. The van der Waals surface area contributed by atoms with Gasteiger partial charge in [-0.1, -0.05) is 0 Å². The minimum absolute atomic E-state index is 0.0521. The van der Waals surface area contributed by atoms with Crippen LogP contribution < -0.4 is 10.6 Å². The van der Waals surface area contributed by atoms with Gasteiger partial charge >= 0.3 is 6.03 Å². The van der Waals surface area contributed by atoms with E-state index in [0.717, 1.165) is 0 Å². The second-order valence-electron chi connectivity index (χ2n) is 3.18. The summed E-state index contributed by atoms with van der Waals surface area (Å²) < 4.78 is 12.5. The van der Waals surface area contributed by atoms with Gasteiger partial charge in [0, 0.05) is 12.2 Å². The first-order chi connectivity index (χ1) is 7.61. The summed E-state index contributed by atoms with van der Waals surface area (Å²) in [5, 5.41) is 22.3. The Kier molecular flexibility index (Phi) is 4.68. The van der Waals surface area contributed by atoms with Gasteiger partial charge in [-0.2, -0.15) is 0 Å². The molecule has 0 aliphatic carbocycles. The molecule has 1 unspecified atom stereocenters. The van der Waals surface area contributed by atoms with Crippen LogP contribution in [0.15, 0.2) is 24.3 Å². The van der Waals surface area contributed by atoms with Crippen molar-refractivity contribution < 1.29 is 19.4 Å². The lowest BCUT2D eigenvalue weighted by Crippen LogP contribution is -2.36. The highest BCUT2D eigenvalue weighted by atomic mass is 19.1. The standard InChI is InChI=1S/C10H13FN2O3/c11-7-1-3-8(4-2-7)13-10(16)12-5-9(15)6-14/h1-4,9,14-15H,5-6H2,(H2,12,13,16). The van der Waals surface area contributed by atoms with E-state index in [0.29, 0.717) is 5.69 Å². The molecule has 1 aromatic rings. The van der Waals surface area contributed by atoms with Crippen LogP contribution in [-0.4, -0.2) is 35.5 Å². The lowest BCUT2D eigenvalue weighted by atomic mass is 10.3. The van der Waals surface area contributed by atoms with Crippen LogP contribution >= 0.6 is 0 Å². The molecule has 0 fully saturated rings. The van der Waals surface area contributed by atoms with Crippen LogP contribution in [0.3, 0.4) is 0 Å². The number of aliphatic hydroxyl groups excluding tert-OH is 2. The fourth-order valence-corrected chi connectivity index (χ4v) is 0.984. The van der Waals surface area contributed by atoms with Crippen molar-refractivity contribution in [2.24, 2.45) is 0 Å². The second-order valence-corrected chi connectivity index (χ2v) is 3.18. The minimum Gasteiger partial charge on any atom is -0.394 e. The third-order valence-corrected chi connectivity index (χ3v) is 1.81. The third-order valence-electron chi connectivity index (χ3n) is 1.81. The van der Waals surface area contributed by atoms with Crippen LogP contribution in [0.25, 0.3) is 0 Å². The Morgan fingerprint density at radius 3 is 2.56 bits per heavy atom. The maximum atomic E-state index is 12.5. The molecule has 0 bridgehead atoms. The number of nitrogens with one attached hydrogen (secondary N) is 2. The van der Waals surface area contributed by atoms with Crippen molar-refractivity contribution in [2.75, 3.05) is 18.5 Å². The van der Waals surface area contributed by atoms with E-state index < -0.39 is 18.7 Å². The second kappa shape index (κ2) is 6.04. The maximum Gasteiger partial charge on any atom is 0.319 e. The quantitative estimate of drug-likeness (QED) is 0.598. The molecular weight excluding hydrogens is 215 g/mol. The highest BCUT2D eigenvalue weighted by Crippen LogP contribution is 2.07. The van der Waals surface area contributed by atoms with Gasteiger partial charge in [0.05, 0.1) is 12.7 Å². The third kappa shape index (κ3) is 4.24. The SMILES string of the molecule is O=C(NCC(O)CO)Nc1ccc(F)cc1. The van der Waals surface area contributed by atoms with Gasteiger partial charge in [-0.05, 0) is 24.3 Å². The summed E-state index contributed by atoms with van der Waals surface area (Å²) in [5.41, 5.74) is 0.442. The van der Waals surface area contributed by atoms with Gasteiger partial charge in [-0.25, -0.2) is 9.18 Å². The zero-order valence-electron chi connectivity index (χ0n) is 8.48. The first-order valence-corrected chi connectivity index (χ1v) is 4.71. The Balaban J connectivity index is 2.37. The van der Waals surface area contributed by atoms with E-state index in [1.165, 1.54) is 24.3 Å². The van der Waals surface area contributed by atoms with Gasteiger partial charge in [0.25, 0.3) is 0 Å². The topological polar surface area (TPSA) is 81.6 Å². The number of carbonyl (C=O) groups excluding carboxylic acids is 1. The fraction of sp³-hybridized carbons (Fsp3) is 0.300. The molecule has 0 aliphatic rings. The summed E-state index contributed by atoms with van der Waals surface area (Å²) in [7, 11) is 0. The molecule has 0 heterocycles. The van der Waals surface area contributed by atoms with Crippen molar-refractivity contribution in [1.29, 1.82) is 0 Å². The molecule has 5 nitrogen and oxygen atoms in total. The van der Waals surface area contributed by atoms with Crippen LogP contribution in [0.1, 0.15) is 0 Å². The summed E-state index contributed by atoms with van der Waals surface area (Å²) in [4.78, 5) is 11.2. The van der Waals surface area contributed by atoms with Crippen molar-refractivity contribution in [3.05, 3.63) is 30.1 Å². The summed E-state index contributed by atoms with van der Waals surface area (Å²) in [6.07, 6.45) is -0.987. The Hall–Kier alpha value is -1.66. The highest BCUT2D eigenvalue weighted by molar-refractivity contribution is 5.89. The maximum absolute atomic E-state index is 12.5. The van der Waals surface area contributed by atoms with Crippen LogP contribution in [0.5, 0.6) is 0 Å². The molecule has 0 saturated heterocycles. The first kappa shape index (κ1) is 12.4. The molecule has 1 rings (SSSR count). The molecule has 1 atom stereocenters. The number of urea groups is 1. The molecule has 0 aliphatic heterocycles. The van der Waals surface area contributed by atoms with Gasteiger partial charge in [0.15, 0.2) is 0 Å². The number of rotatable bonds is 4. The van der Waals surface area contributed by atoms with Crippen LogP contribution in [-0.2, 0) is 0 Å². The molecule has 0 spiro atoms. The number of aliphatic hydroxyl groups is 2. The van der Waals surface area contributed by atoms with Gasteiger partial charge < -0.3 is 20.8 Å². The number of hydrogen-bond acceptors (Lipinski definition) is 3. The lowest BCUT2D eigenvalue weighted by molar-refractivity contribution is 0.0965. The predicted octanol–water partition coefficient (Wildman–Crippen LogP) is 0.300. The fourth-order valence-electron chi connectivity index (χ4n) is 0.984. The summed E-state index contributed by atoms with van der Waals surface area (Å²) in [6, 6.07) is 4.74. The van der Waals surface area contributed by atoms with E-state index in [4.69, 9.17) is 10.2 Å². The van der Waals surface area contributed by atoms with E-state index >= 15 is 0 Å². The first-order valence-electron chi connectivity index (χ1n) is 4.71. The van der Waals surface area contributed by atoms with E-state index in [1.807, 2.05) is 0 Å². The summed E-state index contributed by atoms with van der Waals surface area (Å²) in [6.45, 7) is -0.472. The van der Waals surface area contributed by atoms with Crippen molar-refractivity contribution in [2.45, 2.75) is 6.10 Å². The van der Waals surface area contributed by atoms with Crippen molar-refractivity contribution in [1.82, 2.24) is 5.32 Å². The molecule has 6 heteroatoms. The Morgan fingerprint density at radius 2 is 2.00 bits per heavy atom. The van der Waals surface area contributed by atoms with E-state index in [1.54, 1.807) is 0 Å². The number of hydrogen-bond donors (Lipinski definition) is 4. The minimum atomic E-state index is -0.987. The smallest absolute Gasteiger partial charge is 0.319 e. The molecule has 1 aromatic carbocycles. The highest BCUT2D eigenvalue weighted by Gasteiger charge is 2.05. The monoisotopic (exact) mass is 228 g/mol. The van der Waals surface area contributed by atoms with Crippen molar-refractivity contribution in [3.63, 3.8) is 0 Å². The van der Waals surface area contributed by atoms with E-state index in [9.17, 15) is 9.18 Å². The van der Waals surface area contributed by atoms with E-state index in [-0.39, 0.29) is 12.4 Å². The normalized spacial score (nSPS) is 11.9. The molecule has 88 valence electrons. The molecule has 0 aromatic heterocycles. The van der Waals surface area contributed by atoms with Gasteiger partial charge in [-0.3, -0.25) is 0 Å². The van der Waals surface area contributed by atoms with Gasteiger partial charge in [-0.15, -0.1) is 0 Å². The van der Waals surface area contributed by atoms with Crippen molar-refractivity contribution >= 4 is 11.7 Å². The molecule has 0 saturated carbocycles. The van der Waals surface area contributed by atoms with E-state index in [2.05, 4.69) is 10.6 Å². The average Bonchev–Trinajstić information content (AvgIpc) is 2.29. The molecule has 16 heavy (non-hydrogen) atoms. The molecular formula is C10H13FN2O3. The van der Waals surface area contributed by atoms with Crippen LogP contribution in [0.4, 0.5) is 14.9 Å². The molecule has 0 radical (unpaired) electrons. The number of amides is 2. The molecule has 4 N–H and O–H groups in total. The van der Waals surface area contributed by atoms with Crippen LogP contribution in [0.2, 0.25) is 0 Å². The van der Waals surface area contributed by atoms with Crippen molar-refractivity contribution in [3.8, 4) is 0 Å². The zero-order valence-corrected chi connectivity index (χ0v) is 8.48. The van der Waals surface area contributed by atoms with Crippen LogP contribution in [0, 0.1) is 5.82 Å². The summed E-state index contributed by atoms with van der Waals surface area (Å²) in [5.74, 6) is -0.387. The lowest BCUT2D eigenvalue weighted by Gasteiger charge is -2.10. The number of carbonyl (C=O) groups is 1. The van der Waals surface area contributed by atoms with Gasteiger partial charge in [0.2, 0.25) is 0 Å². The predicted molar refractivity (Wildman–Crippen MR) is 56.5 cm³/mol. The average molecular weight is 228 g/mol. The molecule has 2 amide bonds. The largest absolute Gasteiger partial charge is 0.394 e. The number of anilines is 1. The number of halogens is 1. The Morgan fingerprint density at radius 1 is 1.38 bits per heavy atom. The summed E-state index contributed by atoms with van der Waals surface area (Å²) >= 11 is 0. The number of benzene rings is 1. The Bertz CT molecular complexity index is 342. The Labute approximate surface area is 91.9 Å². The van der Waals surface area contributed by atoms with Gasteiger partial charge in [0.1, 0.15) is 5.82 Å².